The standard InChI is InChI=1S/C22H30N2O5S/c1-5-29-13-7-12-23-22(25)16-24(19-9-6-8-17(2)14-19)30(26,27)21-15-18(3)10-11-20(21)28-4/h6,8-11,14-15H,5,7,12-13,16H2,1-4H3,(H,23,25). The molecule has 2 aromatic carbocycles. The second-order valence-electron chi connectivity index (χ2n) is 6.91. The highest BCUT2D eigenvalue weighted by Crippen LogP contribution is 2.31. The first-order valence-corrected chi connectivity index (χ1v) is 11.3. The van der Waals surface area contributed by atoms with Crippen LogP contribution in [0, 0.1) is 13.8 Å². The van der Waals surface area contributed by atoms with Gasteiger partial charge in [-0.05, 0) is 62.6 Å². The van der Waals surface area contributed by atoms with Gasteiger partial charge in [-0.2, -0.15) is 0 Å². The summed E-state index contributed by atoms with van der Waals surface area (Å²) >= 11 is 0. The number of ether oxygens (including phenoxy) is 2. The van der Waals surface area contributed by atoms with Crippen LogP contribution in [0.4, 0.5) is 5.69 Å². The van der Waals surface area contributed by atoms with Crippen molar-refractivity contribution >= 4 is 21.6 Å². The predicted molar refractivity (Wildman–Crippen MR) is 118 cm³/mol. The van der Waals surface area contributed by atoms with Gasteiger partial charge in [0.2, 0.25) is 5.91 Å². The predicted octanol–water partition coefficient (Wildman–Crippen LogP) is 3.05. The van der Waals surface area contributed by atoms with Crippen molar-refractivity contribution in [2.24, 2.45) is 0 Å². The van der Waals surface area contributed by atoms with Crippen molar-refractivity contribution < 1.29 is 22.7 Å². The molecular formula is C22H30N2O5S. The molecule has 0 saturated heterocycles. The van der Waals surface area contributed by atoms with Crippen LogP contribution in [0.25, 0.3) is 0 Å². The van der Waals surface area contributed by atoms with Crippen molar-refractivity contribution in [2.45, 2.75) is 32.1 Å². The van der Waals surface area contributed by atoms with Gasteiger partial charge in [-0.25, -0.2) is 8.42 Å². The maximum absolute atomic E-state index is 13.6. The van der Waals surface area contributed by atoms with Crippen LogP contribution in [-0.2, 0) is 19.6 Å². The van der Waals surface area contributed by atoms with E-state index >= 15 is 0 Å². The first-order chi connectivity index (χ1) is 14.3. The molecule has 0 atom stereocenters. The van der Waals surface area contributed by atoms with Crippen LogP contribution < -0.4 is 14.4 Å². The van der Waals surface area contributed by atoms with Crippen LogP contribution in [0.3, 0.4) is 0 Å². The highest BCUT2D eigenvalue weighted by atomic mass is 32.2. The summed E-state index contributed by atoms with van der Waals surface area (Å²) in [7, 11) is -2.63. The highest BCUT2D eigenvalue weighted by molar-refractivity contribution is 7.93. The highest BCUT2D eigenvalue weighted by Gasteiger charge is 2.30. The molecule has 30 heavy (non-hydrogen) atoms. The summed E-state index contributed by atoms with van der Waals surface area (Å²) in [5.74, 6) is -0.154. The molecule has 8 heteroatoms. The third-order valence-corrected chi connectivity index (χ3v) is 6.25. The Morgan fingerprint density at radius 2 is 1.83 bits per heavy atom. The van der Waals surface area contributed by atoms with Gasteiger partial charge in [-0.3, -0.25) is 9.10 Å². The van der Waals surface area contributed by atoms with Gasteiger partial charge in [0.05, 0.1) is 12.8 Å². The Hall–Kier alpha value is -2.58. The Labute approximate surface area is 179 Å². The summed E-state index contributed by atoms with van der Waals surface area (Å²) < 4.78 is 38.8. The van der Waals surface area contributed by atoms with E-state index in [-0.39, 0.29) is 23.1 Å². The Kier molecular flexibility index (Phi) is 8.68. The molecule has 0 aliphatic rings. The molecule has 0 unspecified atom stereocenters. The third kappa shape index (κ3) is 6.21. The molecule has 0 aliphatic heterocycles. The zero-order valence-corrected chi connectivity index (χ0v) is 18.8. The number of aryl methyl sites for hydroxylation is 2. The maximum Gasteiger partial charge on any atom is 0.268 e. The number of amides is 1. The van der Waals surface area contributed by atoms with E-state index in [2.05, 4.69) is 5.32 Å². The van der Waals surface area contributed by atoms with Gasteiger partial charge in [-0.1, -0.05) is 18.2 Å². The molecule has 0 aliphatic carbocycles. The smallest absolute Gasteiger partial charge is 0.268 e. The lowest BCUT2D eigenvalue weighted by Gasteiger charge is -2.25. The average molecular weight is 435 g/mol. The number of carbonyl (C=O) groups is 1. The van der Waals surface area contributed by atoms with Crippen LogP contribution in [0.2, 0.25) is 0 Å². The number of nitrogens with zero attached hydrogens (tertiary/aromatic N) is 1. The quantitative estimate of drug-likeness (QED) is 0.550. The van der Waals surface area contributed by atoms with Gasteiger partial charge in [0.15, 0.2) is 0 Å². The van der Waals surface area contributed by atoms with Gasteiger partial charge in [0.1, 0.15) is 17.2 Å². The summed E-state index contributed by atoms with van der Waals surface area (Å²) in [5.41, 5.74) is 2.09. The molecule has 2 rings (SSSR count). The normalized spacial score (nSPS) is 11.2. The fourth-order valence-electron chi connectivity index (χ4n) is 2.94. The number of methoxy groups -OCH3 is 1. The van der Waals surface area contributed by atoms with E-state index < -0.39 is 10.0 Å². The lowest BCUT2D eigenvalue weighted by Crippen LogP contribution is -2.41. The summed E-state index contributed by atoms with van der Waals surface area (Å²) in [5, 5.41) is 2.76. The molecule has 0 fully saturated rings. The molecule has 0 bridgehead atoms. The Morgan fingerprint density at radius 1 is 1.10 bits per heavy atom. The number of benzene rings is 2. The molecule has 0 saturated carbocycles. The van der Waals surface area contributed by atoms with Crippen molar-refractivity contribution in [3.63, 3.8) is 0 Å². The molecule has 0 aromatic heterocycles. The lowest BCUT2D eigenvalue weighted by atomic mass is 10.2. The van der Waals surface area contributed by atoms with E-state index in [0.717, 1.165) is 15.4 Å². The summed E-state index contributed by atoms with van der Waals surface area (Å²) in [6, 6.07) is 12.0. The largest absolute Gasteiger partial charge is 0.495 e. The molecule has 1 amide bonds. The van der Waals surface area contributed by atoms with Crippen molar-refractivity contribution in [2.75, 3.05) is 37.7 Å². The van der Waals surface area contributed by atoms with Crippen LogP contribution in [0.5, 0.6) is 5.75 Å². The number of hydrogen-bond acceptors (Lipinski definition) is 5. The zero-order chi connectivity index (χ0) is 22.1. The van der Waals surface area contributed by atoms with E-state index in [1.807, 2.05) is 19.9 Å². The van der Waals surface area contributed by atoms with Crippen molar-refractivity contribution in [3.05, 3.63) is 53.6 Å². The molecule has 1 N–H and O–H groups in total. The number of rotatable bonds is 11. The molecule has 7 nitrogen and oxygen atoms in total. The number of sulfonamides is 1. The van der Waals surface area contributed by atoms with Crippen LogP contribution in [-0.4, -0.2) is 47.7 Å². The van der Waals surface area contributed by atoms with Crippen molar-refractivity contribution in [1.29, 1.82) is 0 Å². The first kappa shape index (κ1) is 23.7. The number of hydrogen-bond donors (Lipinski definition) is 1. The van der Waals surface area contributed by atoms with E-state index in [9.17, 15) is 13.2 Å². The number of anilines is 1. The lowest BCUT2D eigenvalue weighted by molar-refractivity contribution is -0.119. The number of carbonyl (C=O) groups excluding carboxylic acids is 1. The molecule has 164 valence electrons. The fourth-order valence-corrected chi connectivity index (χ4v) is 4.59. The number of nitrogens with one attached hydrogen (secondary N) is 1. The molecule has 0 heterocycles. The monoisotopic (exact) mass is 434 g/mol. The summed E-state index contributed by atoms with van der Waals surface area (Å²) in [4.78, 5) is 12.6. The summed E-state index contributed by atoms with van der Waals surface area (Å²) in [6.07, 6.45) is 0.655. The Morgan fingerprint density at radius 3 is 2.50 bits per heavy atom. The molecule has 2 aromatic rings. The van der Waals surface area contributed by atoms with Crippen LogP contribution >= 0.6 is 0 Å². The minimum absolute atomic E-state index is 0.0238. The van der Waals surface area contributed by atoms with Gasteiger partial charge in [0.25, 0.3) is 10.0 Å². The topological polar surface area (TPSA) is 84.9 Å². The Balaban J connectivity index is 2.35. The third-order valence-electron chi connectivity index (χ3n) is 4.46. The van der Waals surface area contributed by atoms with Gasteiger partial charge in [-0.15, -0.1) is 0 Å². The minimum Gasteiger partial charge on any atom is -0.495 e. The second-order valence-corrected chi connectivity index (χ2v) is 8.74. The van der Waals surface area contributed by atoms with Crippen LogP contribution in [0.15, 0.2) is 47.4 Å². The molecule has 0 spiro atoms. The SMILES string of the molecule is CCOCCCNC(=O)CN(c1cccc(C)c1)S(=O)(=O)c1cc(C)ccc1OC. The van der Waals surface area contributed by atoms with Crippen molar-refractivity contribution in [3.8, 4) is 5.75 Å². The fraction of sp³-hybridized carbons (Fsp3) is 0.409. The zero-order valence-electron chi connectivity index (χ0n) is 18.0. The van der Waals surface area contributed by atoms with E-state index in [0.29, 0.717) is 31.9 Å². The van der Waals surface area contributed by atoms with E-state index in [1.165, 1.54) is 7.11 Å². The van der Waals surface area contributed by atoms with E-state index in [4.69, 9.17) is 9.47 Å². The van der Waals surface area contributed by atoms with E-state index in [1.54, 1.807) is 43.3 Å². The van der Waals surface area contributed by atoms with Gasteiger partial charge in [0, 0.05) is 19.8 Å². The minimum atomic E-state index is -4.05. The molecule has 0 radical (unpaired) electrons. The van der Waals surface area contributed by atoms with Crippen molar-refractivity contribution in [1.82, 2.24) is 5.32 Å². The average Bonchev–Trinajstić information content (AvgIpc) is 2.71. The van der Waals surface area contributed by atoms with Gasteiger partial charge >= 0.3 is 0 Å². The maximum atomic E-state index is 13.6. The summed E-state index contributed by atoms with van der Waals surface area (Å²) in [6.45, 7) is 6.81. The Bertz CT molecular complexity index is 960. The molecular weight excluding hydrogens is 404 g/mol. The van der Waals surface area contributed by atoms with Gasteiger partial charge < -0.3 is 14.8 Å². The van der Waals surface area contributed by atoms with Crippen LogP contribution in [0.1, 0.15) is 24.5 Å². The first-order valence-electron chi connectivity index (χ1n) is 9.88. The second kappa shape index (κ2) is 11.0.